The Bertz CT molecular complexity index is 3170. The first-order valence-electron chi connectivity index (χ1n) is 20.2. The van der Waals surface area contributed by atoms with Gasteiger partial charge in [0.15, 0.2) is 0 Å². The van der Waals surface area contributed by atoms with Crippen LogP contribution < -0.4 is 4.90 Å². The molecule has 12 rings (SSSR count). The second kappa shape index (κ2) is 12.8. The van der Waals surface area contributed by atoms with Crippen LogP contribution in [0.1, 0.15) is 22.3 Å². The number of hydrogen-bond donors (Lipinski definition) is 0. The minimum absolute atomic E-state index is 0.469. The number of nitrogens with zero attached hydrogens (tertiary/aromatic N) is 1. The van der Waals surface area contributed by atoms with Crippen LogP contribution in [0.3, 0.4) is 0 Å². The van der Waals surface area contributed by atoms with E-state index in [1.807, 2.05) is 0 Å². The van der Waals surface area contributed by atoms with Crippen molar-refractivity contribution < 1.29 is 0 Å². The van der Waals surface area contributed by atoms with Gasteiger partial charge in [0.05, 0.1) is 11.1 Å². The lowest BCUT2D eigenvalue weighted by atomic mass is 9.68. The van der Waals surface area contributed by atoms with Gasteiger partial charge in [-0.25, -0.2) is 0 Å². The molecule has 0 fully saturated rings. The molecule has 0 amide bonds. The van der Waals surface area contributed by atoms with Crippen LogP contribution in [0.25, 0.3) is 66.1 Å². The van der Waals surface area contributed by atoms with Crippen molar-refractivity contribution in [2.75, 3.05) is 4.90 Å². The summed E-state index contributed by atoms with van der Waals surface area (Å²) in [6.07, 6.45) is 0. The van der Waals surface area contributed by atoms with Crippen molar-refractivity contribution in [1.29, 1.82) is 0 Å². The van der Waals surface area contributed by atoms with E-state index in [9.17, 15) is 0 Å². The highest BCUT2D eigenvalue weighted by molar-refractivity contribution is 6.09. The van der Waals surface area contributed by atoms with Crippen molar-refractivity contribution >= 4 is 38.6 Å². The summed E-state index contributed by atoms with van der Waals surface area (Å²) in [6, 6.07) is 83.0. The highest BCUT2D eigenvalue weighted by Crippen LogP contribution is 2.65. The lowest BCUT2D eigenvalue weighted by molar-refractivity contribution is 0.809. The van der Waals surface area contributed by atoms with E-state index in [0.29, 0.717) is 0 Å². The molecule has 2 aliphatic carbocycles. The molecule has 58 heavy (non-hydrogen) atoms. The molecule has 270 valence electrons. The summed E-state index contributed by atoms with van der Waals surface area (Å²) in [5.74, 6) is 0. The van der Waals surface area contributed by atoms with Crippen molar-refractivity contribution in [3.05, 3.63) is 247 Å². The van der Waals surface area contributed by atoms with Gasteiger partial charge in [0, 0.05) is 16.9 Å². The second-order valence-electron chi connectivity index (χ2n) is 15.6. The summed E-state index contributed by atoms with van der Waals surface area (Å²) >= 11 is 0. The van der Waals surface area contributed by atoms with Crippen molar-refractivity contribution in [3.63, 3.8) is 0 Å². The molecule has 1 spiro atoms. The van der Waals surface area contributed by atoms with E-state index >= 15 is 0 Å². The SMILES string of the molecule is c1ccc(-c2ccc(-c3ccccc3)c(N(c3ccccc3)c3ccc4c5c(ccc4c3)-c3ccc4ccccc4c3C53c4ccccc4-c4ccccc43)c2)cc1. The molecule has 0 aromatic heterocycles. The van der Waals surface area contributed by atoms with E-state index in [1.54, 1.807) is 0 Å². The van der Waals surface area contributed by atoms with Crippen molar-refractivity contribution in [2.24, 2.45) is 0 Å². The number of rotatable bonds is 5. The van der Waals surface area contributed by atoms with Crippen LogP contribution in [0.5, 0.6) is 0 Å². The van der Waals surface area contributed by atoms with Gasteiger partial charge in [-0.1, -0.05) is 194 Å². The minimum Gasteiger partial charge on any atom is -0.310 e. The fourth-order valence-corrected chi connectivity index (χ4v) is 10.3. The maximum absolute atomic E-state index is 2.44. The molecular formula is C57H37N. The molecule has 0 saturated heterocycles. The maximum atomic E-state index is 2.44. The Morgan fingerprint density at radius 3 is 1.52 bits per heavy atom. The van der Waals surface area contributed by atoms with Gasteiger partial charge in [-0.05, 0) is 113 Å². The second-order valence-corrected chi connectivity index (χ2v) is 15.6. The van der Waals surface area contributed by atoms with Crippen LogP contribution in [-0.4, -0.2) is 0 Å². The molecule has 0 atom stereocenters. The fourth-order valence-electron chi connectivity index (χ4n) is 10.3. The van der Waals surface area contributed by atoms with E-state index < -0.39 is 5.41 Å². The van der Waals surface area contributed by atoms with Gasteiger partial charge in [-0.3, -0.25) is 0 Å². The zero-order chi connectivity index (χ0) is 38.2. The topological polar surface area (TPSA) is 3.24 Å². The smallest absolute Gasteiger partial charge is 0.0737 e. The molecule has 0 bridgehead atoms. The monoisotopic (exact) mass is 735 g/mol. The largest absolute Gasteiger partial charge is 0.310 e. The van der Waals surface area contributed by atoms with Crippen molar-refractivity contribution in [2.45, 2.75) is 5.41 Å². The zero-order valence-corrected chi connectivity index (χ0v) is 31.8. The Hall–Kier alpha value is -7.48. The first-order chi connectivity index (χ1) is 28.8. The third-order valence-electron chi connectivity index (χ3n) is 12.6. The number of para-hydroxylation sites is 1. The Morgan fingerprint density at radius 2 is 0.828 bits per heavy atom. The van der Waals surface area contributed by atoms with Gasteiger partial charge in [-0.2, -0.15) is 0 Å². The van der Waals surface area contributed by atoms with Crippen LogP contribution in [-0.2, 0) is 5.41 Å². The average Bonchev–Trinajstić information content (AvgIpc) is 3.78. The zero-order valence-electron chi connectivity index (χ0n) is 31.8. The summed E-state index contributed by atoms with van der Waals surface area (Å²) in [5, 5.41) is 5.08. The summed E-state index contributed by atoms with van der Waals surface area (Å²) < 4.78 is 0. The van der Waals surface area contributed by atoms with Crippen molar-refractivity contribution in [3.8, 4) is 44.5 Å². The predicted molar refractivity (Wildman–Crippen MR) is 243 cm³/mol. The molecule has 0 radical (unpaired) electrons. The van der Waals surface area contributed by atoms with E-state index in [4.69, 9.17) is 0 Å². The van der Waals surface area contributed by atoms with Gasteiger partial charge in [0.2, 0.25) is 0 Å². The molecule has 10 aromatic carbocycles. The highest BCUT2D eigenvalue weighted by Gasteiger charge is 2.53. The molecule has 0 unspecified atom stereocenters. The molecule has 1 nitrogen and oxygen atoms in total. The molecule has 2 aliphatic rings. The predicted octanol–water partition coefficient (Wildman–Crippen LogP) is 15.1. The molecule has 0 saturated carbocycles. The lowest BCUT2D eigenvalue weighted by Gasteiger charge is -2.33. The van der Waals surface area contributed by atoms with Crippen LogP contribution in [0.2, 0.25) is 0 Å². The standard InChI is InChI=1S/C57H37N/c1-4-16-38(17-5-1)41-29-32-45(39-18-6-2-7-19-39)54(37-41)58(43-21-8-3-9-22-43)44-31-35-47-42(36-44)30-34-51-50-33-28-40-20-10-11-23-46(40)55(50)57(56(47)51)52-26-14-12-24-48(52)49-25-13-15-27-53(49)57/h1-37H. The number of anilines is 3. The van der Waals surface area contributed by atoms with Gasteiger partial charge in [0.1, 0.15) is 0 Å². The molecule has 0 N–H and O–H groups in total. The first-order valence-corrected chi connectivity index (χ1v) is 20.2. The fraction of sp³-hybridized carbons (Fsp3) is 0.0175. The van der Waals surface area contributed by atoms with Crippen LogP contribution in [0.4, 0.5) is 17.1 Å². The molecule has 0 heterocycles. The van der Waals surface area contributed by atoms with E-state index in [1.165, 1.54) is 88.3 Å². The Kier molecular flexibility index (Phi) is 7.21. The highest BCUT2D eigenvalue weighted by atomic mass is 15.1. The quantitative estimate of drug-likeness (QED) is 0.170. The van der Waals surface area contributed by atoms with Crippen LogP contribution >= 0.6 is 0 Å². The summed E-state index contributed by atoms with van der Waals surface area (Å²) in [5.41, 5.74) is 18.4. The molecule has 10 aromatic rings. The van der Waals surface area contributed by atoms with Gasteiger partial charge < -0.3 is 4.90 Å². The molecule has 0 aliphatic heterocycles. The summed E-state index contributed by atoms with van der Waals surface area (Å²) in [4.78, 5) is 2.44. The number of benzene rings is 10. The van der Waals surface area contributed by atoms with Crippen LogP contribution in [0.15, 0.2) is 224 Å². The van der Waals surface area contributed by atoms with Gasteiger partial charge >= 0.3 is 0 Å². The van der Waals surface area contributed by atoms with Crippen LogP contribution in [0, 0.1) is 0 Å². The van der Waals surface area contributed by atoms with Crippen molar-refractivity contribution in [1.82, 2.24) is 0 Å². The number of hydrogen-bond acceptors (Lipinski definition) is 1. The summed E-state index contributed by atoms with van der Waals surface area (Å²) in [6.45, 7) is 0. The van der Waals surface area contributed by atoms with Gasteiger partial charge in [0.25, 0.3) is 0 Å². The molecular weight excluding hydrogens is 699 g/mol. The Labute approximate surface area is 338 Å². The third kappa shape index (κ3) is 4.65. The third-order valence-corrected chi connectivity index (χ3v) is 12.6. The normalized spacial score (nSPS) is 13.0. The molecule has 1 heteroatoms. The van der Waals surface area contributed by atoms with Gasteiger partial charge in [-0.15, -0.1) is 0 Å². The Balaban J connectivity index is 1.14. The summed E-state index contributed by atoms with van der Waals surface area (Å²) in [7, 11) is 0. The maximum Gasteiger partial charge on any atom is 0.0737 e. The number of fused-ring (bicyclic) bond motifs is 14. The average molecular weight is 736 g/mol. The van der Waals surface area contributed by atoms with E-state index in [2.05, 4.69) is 229 Å². The lowest BCUT2D eigenvalue weighted by Crippen LogP contribution is -2.26. The first kappa shape index (κ1) is 32.7. The van der Waals surface area contributed by atoms with E-state index in [-0.39, 0.29) is 0 Å². The minimum atomic E-state index is -0.469. The van der Waals surface area contributed by atoms with E-state index in [0.717, 1.165) is 17.1 Å². The Morgan fingerprint density at radius 1 is 0.293 bits per heavy atom.